The summed E-state index contributed by atoms with van der Waals surface area (Å²) in [5.74, 6) is 0.00454. The molecule has 1 amide bonds. The number of nitrogens with one attached hydrogen (secondary N) is 1. The Bertz CT molecular complexity index is 409. The Morgan fingerprint density at radius 2 is 2.21 bits per heavy atom. The molecule has 0 aliphatic rings. The summed E-state index contributed by atoms with van der Waals surface area (Å²) in [4.78, 5) is 22.6. The fourth-order valence-corrected chi connectivity index (χ4v) is 1.09. The Balaban J connectivity index is 3.34. The number of aromatic nitrogens is 1. The van der Waals surface area contributed by atoms with Crippen molar-refractivity contribution in [3.63, 3.8) is 0 Å². The maximum Gasteiger partial charge on any atom is 0.256 e. The van der Waals surface area contributed by atoms with Crippen molar-refractivity contribution in [1.82, 2.24) is 9.88 Å². The van der Waals surface area contributed by atoms with Crippen LogP contribution in [0.25, 0.3) is 0 Å². The van der Waals surface area contributed by atoms with Crippen molar-refractivity contribution in [2.75, 3.05) is 14.2 Å². The van der Waals surface area contributed by atoms with Gasteiger partial charge in [0.15, 0.2) is 0 Å². The number of methoxy groups -OCH3 is 1. The average molecular weight is 196 g/mol. The molecular formula is C9H12N2O3. The van der Waals surface area contributed by atoms with Gasteiger partial charge in [-0.1, -0.05) is 0 Å². The van der Waals surface area contributed by atoms with Crippen LogP contribution in [0.1, 0.15) is 10.4 Å². The standard InChI is InChI=1S/C9H12N2O3/c1-10-9(13)6-5-11(2)8(12)4-7(6)14-3/h4-5H,1-3H3,(H,10,13). The van der Waals surface area contributed by atoms with Gasteiger partial charge < -0.3 is 14.6 Å². The summed E-state index contributed by atoms with van der Waals surface area (Å²) < 4.78 is 6.26. The number of hydrogen-bond acceptors (Lipinski definition) is 3. The topological polar surface area (TPSA) is 60.3 Å². The highest BCUT2D eigenvalue weighted by atomic mass is 16.5. The number of pyridine rings is 1. The zero-order valence-corrected chi connectivity index (χ0v) is 8.33. The normalized spacial score (nSPS) is 9.64. The number of carbonyl (C=O) groups is 1. The monoisotopic (exact) mass is 196 g/mol. The summed E-state index contributed by atoms with van der Waals surface area (Å²) in [6, 6.07) is 1.28. The quantitative estimate of drug-likeness (QED) is 0.709. The molecule has 0 aliphatic heterocycles. The zero-order valence-electron chi connectivity index (χ0n) is 8.33. The van der Waals surface area contributed by atoms with Gasteiger partial charge in [0.2, 0.25) is 0 Å². The highest BCUT2D eigenvalue weighted by molar-refractivity contribution is 5.96. The van der Waals surface area contributed by atoms with Gasteiger partial charge in [-0.2, -0.15) is 0 Å². The fraction of sp³-hybridized carbons (Fsp3) is 0.333. The Morgan fingerprint density at radius 3 is 2.71 bits per heavy atom. The van der Waals surface area contributed by atoms with Gasteiger partial charge in [-0.05, 0) is 0 Å². The lowest BCUT2D eigenvalue weighted by molar-refractivity contribution is 0.0959. The van der Waals surface area contributed by atoms with Crippen molar-refractivity contribution in [3.8, 4) is 5.75 Å². The lowest BCUT2D eigenvalue weighted by atomic mass is 10.2. The second-order valence-electron chi connectivity index (χ2n) is 2.78. The molecule has 1 heterocycles. The van der Waals surface area contributed by atoms with E-state index < -0.39 is 0 Å². The van der Waals surface area contributed by atoms with E-state index >= 15 is 0 Å². The number of rotatable bonds is 2. The van der Waals surface area contributed by atoms with Gasteiger partial charge in [0.25, 0.3) is 11.5 Å². The zero-order chi connectivity index (χ0) is 10.7. The summed E-state index contributed by atoms with van der Waals surface area (Å²) >= 11 is 0. The summed E-state index contributed by atoms with van der Waals surface area (Å²) in [7, 11) is 4.52. The minimum Gasteiger partial charge on any atom is -0.496 e. The highest BCUT2D eigenvalue weighted by Gasteiger charge is 2.12. The van der Waals surface area contributed by atoms with Gasteiger partial charge in [0.1, 0.15) is 5.75 Å². The van der Waals surface area contributed by atoms with Crippen molar-refractivity contribution >= 4 is 5.91 Å². The predicted octanol–water partition coefficient (Wildman–Crippen LogP) is -0.247. The number of aryl methyl sites for hydroxylation is 1. The Kier molecular flexibility index (Phi) is 2.91. The lowest BCUT2D eigenvalue weighted by Crippen LogP contribution is -2.23. The minimum absolute atomic E-state index is 0.213. The molecule has 1 rings (SSSR count). The second-order valence-corrected chi connectivity index (χ2v) is 2.78. The van der Waals surface area contributed by atoms with E-state index in [1.165, 1.54) is 31.0 Å². The number of ether oxygens (including phenoxy) is 1. The van der Waals surface area contributed by atoms with Crippen LogP contribution in [0, 0.1) is 0 Å². The first-order valence-electron chi connectivity index (χ1n) is 4.07. The summed E-state index contributed by atoms with van der Waals surface area (Å²) in [5, 5.41) is 2.47. The third-order valence-corrected chi connectivity index (χ3v) is 1.88. The van der Waals surface area contributed by atoms with Crippen molar-refractivity contribution in [2.45, 2.75) is 0 Å². The summed E-state index contributed by atoms with van der Waals surface area (Å²) in [5.41, 5.74) is 0.131. The second kappa shape index (κ2) is 3.95. The van der Waals surface area contributed by atoms with E-state index in [-0.39, 0.29) is 17.2 Å². The third kappa shape index (κ3) is 1.76. The molecule has 0 fully saturated rings. The molecule has 0 atom stereocenters. The molecule has 0 saturated carbocycles. The van der Waals surface area contributed by atoms with E-state index in [2.05, 4.69) is 5.32 Å². The lowest BCUT2D eigenvalue weighted by Gasteiger charge is -2.08. The molecule has 1 N–H and O–H groups in total. The van der Waals surface area contributed by atoms with E-state index in [4.69, 9.17) is 4.74 Å². The van der Waals surface area contributed by atoms with Crippen LogP contribution in [0.5, 0.6) is 5.75 Å². The molecule has 0 aromatic carbocycles. The highest BCUT2D eigenvalue weighted by Crippen LogP contribution is 2.13. The van der Waals surface area contributed by atoms with Crippen LogP contribution in [0.15, 0.2) is 17.1 Å². The molecule has 0 radical (unpaired) electrons. The van der Waals surface area contributed by atoms with Crippen molar-refractivity contribution in [3.05, 3.63) is 28.2 Å². The van der Waals surface area contributed by atoms with Gasteiger partial charge in [-0.3, -0.25) is 9.59 Å². The largest absolute Gasteiger partial charge is 0.496 e. The smallest absolute Gasteiger partial charge is 0.256 e. The van der Waals surface area contributed by atoms with Gasteiger partial charge in [0, 0.05) is 26.4 Å². The molecule has 0 unspecified atom stereocenters. The Hall–Kier alpha value is -1.78. The third-order valence-electron chi connectivity index (χ3n) is 1.88. The maximum atomic E-state index is 11.4. The fourth-order valence-electron chi connectivity index (χ4n) is 1.09. The van der Waals surface area contributed by atoms with Crippen molar-refractivity contribution < 1.29 is 9.53 Å². The first-order chi connectivity index (χ1) is 6.60. The summed E-state index contributed by atoms with van der Waals surface area (Å²) in [6.45, 7) is 0. The van der Waals surface area contributed by atoms with Crippen LogP contribution in [0.4, 0.5) is 0 Å². The molecule has 5 heteroatoms. The first kappa shape index (κ1) is 10.3. The molecule has 1 aromatic rings. The molecule has 14 heavy (non-hydrogen) atoms. The van der Waals surface area contributed by atoms with Crippen LogP contribution < -0.4 is 15.6 Å². The van der Waals surface area contributed by atoms with Crippen LogP contribution >= 0.6 is 0 Å². The van der Waals surface area contributed by atoms with Crippen molar-refractivity contribution in [1.29, 1.82) is 0 Å². The van der Waals surface area contributed by atoms with E-state index in [0.717, 1.165) is 0 Å². The van der Waals surface area contributed by atoms with Crippen LogP contribution in [-0.4, -0.2) is 24.6 Å². The SMILES string of the molecule is CNC(=O)c1cn(C)c(=O)cc1OC. The van der Waals surface area contributed by atoms with Gasteiger partial charge >= 0.3 is 0 Å². The van der Waals surface area contributed by atoms with E-state index in [1.807, 2.05) is 0 Å². The van der Waals surface area contributed by atoms with E-state index in [9.17, 15) is 9.59 Å². The molecule has 0 bridgehead atoms. The van der Waals surface area contributed by atoms with Crippen LogP contribution in [-0.2, 0) is 7.05 Å². The number of nitrogens with zero attached hydrogens (tertiary/aromatic N) is 1. The van der Waals surface area contributed by atoms with Gasteiger partial charge in [-0.15, -0.1) is 0 Å². The molecule has 1 aromatic heterocycles. The maximum absolute atomic E-state index is 11.4. The van der Waals surface area contributed by atoms with E-state index in [0.29, 0.717) is 5.56 Å². The molecule has 5 nitrogen and oxygen atoms in total. The molecule has 0 aliphatic carbocycles. The molecule has 0 saturated heterocycles. The summed E-state index contributed by atoms with van der Waals surface area (Å²) in [6.07, 6.45) is 1.44. The van der Waals surface area contributed by atoms with Crippen LogP contribution in [0.2, 0.25) is 0 Å². The number of hydrogen-bond donors (Lipinski definition) is 1. The minimum atomic E-state index is -0.280. The molecule has 0 spiro atoms. The Labute approximate surface area is 81.3 Å². The van der Waals surface area contributed by atoms with Crippen molar-refractivity contribution in [2.24, 2.45) is 7.05 Å². The number of carbonyl (C=O) groups excluding carboxylic acids is 1. The van der Waals surface area contributed by atoms with E-state index in [1.54, 1.807) is 7.05 Å². The first-order valence-corrected chi connectivity index (χ1v) is 4.07. The van der Waals surface area contributed by atoms with Crippen LogP contribution in [0.3, 0.4) is 0 Å². The Morgan fingerprint density at radius 1 is 1.57 bits per heavy atom. The van der Waals surface area contributed by atoms with Gasteiger partial charge in [-0.25, -0.2) is 0 Å². The predicted molar refractivity (Wildman–Crippen MR) is 51.6 cm³/mol. The molecular weight excluding hydrogens is 184 g/mol. The number of amides is 1. The average Bonchev–Trinajstić information content (AvgIpc) is 2.20. The van der Waals surface area contributed by atoms with Gasteiger partial charge in [0.05, 0.1) is 12.7 Å². The molecule has 76 valence electrons.